The largest absolute Gasteiger partial charge is 0.352 e. The van der Waals surface area contributed by atoms with E-state index in [4.69, 9.17) is 19.4 Å². The van der Waals surface area contributed by atoms with Crippen molar-refractivity contribution in [2.24, 2.45) is 12.5 Å². The first kappa shape index (κ1) is 25.3. The summed E-state index contributed by atoms with van der Waals surface area (Å²) >= 11 is 6.44. The van der Waals surface area contributed by atoms with Gasteiger partial charge in [-0.1, -0.05) is 56.0 Å². The van der Waals surface area contributed by atoms with Crippen molar-refractivity contribution in [2.45, 2.75) is 27.3 Å². The van der Waals surface area contributed by atoms with Crippen LogP contribution in [0.1, 0.15) is 36.7 Å². The molecule has 0 unspecified atom stereocenters. The van der Waals surface area contributed by atoms with Crippen molar-refractivity contribution in [1.82, 2.24) is 14.9 Å². The molecule has 0 saturated heterocycles. The number of amides is 2. The van der Waals surface area contributed by atoms with Crippen molar-refractivity contribution < 1.29 is 9.59 Å². The number of carbonyl (C=O) groups excluding carboxylic acids is 2. The number of halogens is 1. The maximum Gasteiger partial charge on any atom is 0.255 e. The molecule has 2 amide bonds. The van der Waals surface area contributed by atoms with Crippen molar-refractivity contribution in [1.29, 1.82) is 0 Å². The second kappa shape index (κ2) is 10.1. The number of hydrogen-bond acceptors (Lipinski definition) is 4. The molecule has 0 aliphatic rings. The maximum atomic E-state index is 12.7. The molecule has 1 aromatic heterocycles. The fourth-order valence-electron chi connectivity index (χ4n) is 3.57. The van der Waals surface area contributed by atoms with Gasteiger partial charge >= 0.3 is 0 Å². The Morgan fingerprint density at radius 2 is 1.75 bits per heavy atom. The highest BCUT2D eigenvalue weighted by Gasteiger charge is 2.20. The Bertz CT molecular complexity index is 1440. The molecule has 0 spiro atoms. The molecule has 36 heavy (non-hydrogen) atoms. The van der Waals surface area contributed by atoms with Gasteiger partial charge in [0.15, 0.2) is 0 Å². The average molecular weight is 500 g/mol. The Balaban J connectivity index is 1.53. The topological polar surface area (TPSA) is 88.1 Å². The first-order valence-electron chi connectivity index (χ1n) is 11.5. The highest BCUT2D eigenvalue weighted by Crippen LogP contribution is 2.28. The van der Waals surface area contributed by atoms with Gasteiger partial charge in [-0.3, -0.25) is 9.59 Å². The van der Waals surface area contributed by atoms with E-state index in [-0.39, 0.29) is 11.8 Å². The molecule has 3 N–H and O–H groups in total. The fourth-order valence-corrected chi connectivity index (χ4v) is 3.73. The van der Waals surface area contributed by atoms with Gasteiger partial charge in [-0.15, -0.1) is 0 Å². The zero-order valence-corrected chi connectivity index (χ0v) is 21.4. The molecule has 0 atom stereocenters. The molecule has 0 aliphatic heterocycles. The Morgan fingerprint density at radius 1 is 1.03 bits per heavy atom. The number of nitrogens with one attached hydrogen (secondary N) is 3. The minimum absolute atomic E-state index is 0.0291. The van der Waals surface area contributed by atoms with E-state index < -0.39 is 5.41 Å². The Morgan fingerprint density at radius 3 is 2.44 bits per heavy atom. The van der Waals surface area contributed by atoms with E-state index in [1.54, 1.807) is 42.5 Å². The van der Waals surface area contributed by atoms with E-state index in [2.05, 4.69) is 20.9 Å². The third-order valence-corrected chi connectivity index (χ3v) is 6.05. The van der Waals surface area contributed by atoms with Crippen molar-refractivity contribution >= 4 is 65.1 Å². The Kier molecular flexibility index (Phi) is 7.08. The zero-order chi connectivity index (χ0) is 26.0. The predicted octanol–water partition coefficient (Wildman–Crippen LogP) is 4.68. The summed E-state index contributed by atoms with van der Waals surface area (Å²) < 4.78 is 1.89. The average Bonchev–Trinajstić information content (AvgIpc) is 3.14. The van der Waals surface area contributed by atoms with Crippen LogP contribution in [-0.4, -0.2) is 29.2 Å². The molecule has 4 rings (SSSR count). The van der Waals surface area contributed by atoms with Crippen molar-refractivity contribution in [3.8, 4) is 0 Å². The highest BCUT2D eigenvalue weighted by atomic mass is 35.5. The number of hydrogen-bond donors (Lipinski definition) is 3. The molecule has 4 aromatic rings. The van der Waals surface area contributed by atoms with Crippen LogP contribution in [0.25, 0.3) is 11.0 Å². The molecule has 7 nitrogen and oxygen atoms in total. The molecule has 3 aromatic carbocycles. The number of anilines is 3. The zero-order valence-electron chi connectivity index (χ0n) is 20.6. The molecule has 1 heterocycles. The first-order chi connectivity index (χ1) is 17.0. The van der Waals surface area contributed by atoms with E-state index in [0.29, 0.717) is 45.4 Å². The van der Waals surface area contributed by atoms with Gasteiger partial charge in [0.25, 0.3) is 5.91 Å². The highest BCUT2D eigenvalue weighted by molar-refractivity contribution is 6.33. The quantitative estimate of drug-likeness (QED) is 0.336. The lowest BCUT2D eigenvalue weighted by molar-refractivity contribution is -0.128. The number of nitrogens with zero attached hydrogens (tertiary/aromatic N) is 2. The molecule has 2 radical (unpaired) electrons. The second-order valence-corrected chi connectivity index (χ2v) is 10.1. The third kappa shape index (κ3) is 5.71. The SMILES string of the molecule is [B]c1ccc(NC(=O)c2ccc3c(c2)nc(Nc2cc(CNC(=O)C(C)(C)C)ccc2Cl)n3C)cc1. The Hall–Kier alpha value is -3.78. The second-order valence-electron chi connectivity index (χ2n) is 9.65. The van der Waals surface area contributed by atoms with Gasteiger partial charge in [0.2, 0.25) is 11.9 Å². The lowest BCUT2D eigenvalue weighted by Crippen LogP contribution is -2.34. The van der Waals surface area contributed by atoms with E-state index in [0.717, 1.165) is 11.1 Å². The summed E-state index contributed by atoms with van der Waals surface area (Å²) in [6.45, 7) is 6.00. The van der Waals surface area contributed by atoms with Gasteiger partial charge in [-0.05, 0) is 48.0 Å². The summed E-state index contributed by atoms with van der Waals surface area (Å²) in [5, 5.41) is 9.61. The van der Waals surface area contributed by atoms with Crippen LogP contribution in [-0.2, 0) is 18.4 Å². The Labute approximate surface area is 216 Å². The van der Waals surface area contributed by atoms with Crippen LogP contribution < -0.4 is 21.4 Å². The van der Waals surface area contributed by atoms with Crippen LogP contribution in [0, 0.1) is 5.41 Å². The maximum absolute atomic E-state index is 12.7. The van der Waals surface area contributed by atoms with Crippen LogP contribution in [0.3, 0.4) is 0 Å². The van der Waals surface area contributed by atoms with Gasteiger partial charge < -0.3 is 20.5 Å². The summed E-state index contributed by atoms with van der Waals surface area (Å²) in [5.74, 6) is 0.298. The number of aryl methyl sites for hydroxylation is 1. The normalized spacial score (nSPS) is 11.4. The molecular weight excluding hydrogens is 473 g/mol. The lowest BCUT2D eigenvalue weighted by Gasteiger charge is -2.18. The minimum Gasteiger partial charge on any atom is -0.352 e. The van der Waals surface area contributed by atoms with Gasteiger partial charge in [0.05, 0.1) is 21.7 Å². The number of aromatic nitrogens is 2. The molecule has 0 fully saturated rings. The summed E-state index contributed by atoms with van der Waals surface area (Å²) in [6, 6.07) is 17.9. The minimum atomic E-state index is -0.467. The fraction of sp³-hybridized carbons (Fsp3) is 0.222. The van der Waals surface area contributed by atoms with Gasteiger partial charge in [0, 0.05) is 30.3 Å². The van der Waals surface area contributed by atoms with Crippen LogP contribution in [0.4, 0.5) is 17.3 Å². The lowest BCUT2D eigenvalue weighted by atomic mass is 9.95. The van der Waals surface area contributed by atoms with Gasteiger partial charge in [-0.2, -0.15) is 0 Å². The third-order valence-electron chi connectivity index (χ3n) is 5.72. The van der Waals surface area contributed by atoms with Crippen molar-refractivity contribution in [2.75, 3.05) is 10.6 Å². The molecule has 0 saturated carbocycles. The van der Waals surface area contributed by atoms with Crippen molar-refractivity contribution in [3.05, 3.63) is 76.8 Å². The number of rotatable bonds is 6. The first-order valence-corrected chi connectivity index (χ1v) is 11.9. The summed E-state index contributed by atoms with van der Waals surface area (Å²) in [5.41, 5.74) is 4.39. The van der Waals surface area contributed by atoms with E-state index in [9.17, 15) is 9.59 Å². The smallest absolute Gasteiger partial charge is 0.255 e. The number of fused-ring (bicyclic) bond motifs is 1. The van der Waals surface area contributed by atoms with E-state index in [1.807, 2.05) is 50.6 Å². The van der Waals surface area contributed by atoms with Crippen LogP contribution >= 0.6 is 11.6 Å². The van der Waals surface area contributed by atoms with Gasteiger partial charge in [-0.25, -0.2) is 4.98 Å². The van der Waals surface area contributed by atoms with Crippen LogP contribution in [0.15, 0.2) is 60.7 Å². The number of carbonyl (C=O) groups is 2. The summed E-state index contributed by atoms with van der Waals surface area (Å²) in [6.07, 6.45) is 0. The van der Waals surface area contributed by atoms with E-state index in [1.165, 1.54) is 0 Å². The molecule has 0 aliphatic carbocycles. The van der Waals surface area contributed by atoms with Crippen molar-refractivity contribution in [3.63, 3.8) is 0 Å². The number of benzene rings is 3. The van der Waals surface area contributed by atoms with Crippen LogP contribution in [0.5, 0.6) is 0 Å². The van der Waals surface area contributed by atoms with Crippen LogP contribution in [0.2, 0.25) is 5.02 Å². The van der Waals surface area contributed by atoms with E-state index >= 15 is 0 Å². The molecular formula is C27H27BClN5O2. The molecule has 9 heteroatoms. The summed E-state index contributed by atoms with van der Waals surface area (Å²) in [7, 11) is 7.59. The molecule has 182 valence electrons. The van der Waals surface area contributed by atoms with Gasteiger partial charge in [0.1, 0.15) is 7.85 Å². The summed E-state index contributed by atoms with van der Waals surface area (Å²) in [4.78, 5) is 29.6. The molecule has 0 bridgehead atoms. The predicted molar refractivity (Wildman–Crippen MR) is 147 cm³/mol. The monoisotopic (exact) mass is 499 g/mol. The number of imidazole rings is 1. The standard InChI is InChI=1S/C27H27BClN5O2/c1-27(2,3)25(36)30-15-16-5-11-20(29)21(13-16)32-26-33-22-14-17(6-12-23(22)34(26)4)24(35)31-19-9-7-18(28)8-10-19/h5-14H,15H2,1-4H3,(H,30,36)(H,31,35)(H,32,33).